The van der Waals surface area contributed by atoms with Gasteiger partial charge in [-0.05, 0) is 39.3 Å². The summed E-state index contributed by atoms with van der Waals surface area (Å²) in [5, 5.41) is 6.58. The second-order valence-electron chi connectivity index (χ2n) is 6.87. The molecule has 1 aromatic heterocycles. The van der Waals surface area contributed by atoms with Crippen molar-refractivity contribution in [3.05, 3.63) is 11.8 Å². The molecule has 2 atom stereocenters. The SMILES string of the molecule is CO[C@H]1C[C@@H](CN2CCCC2)N(CCC(=O)Nc2cc(C)on2)C1. The molecule has 2 saturated heterocycles. The topological polar surface area (TPSA) is 70.8 Å². The molecule has 1 amide bonds. The van der Waals surface area contributed by atoms with Gasteiger partial charge in [-0.3, -0.25) is 9.69 Å². The number of ether oxygens (including phenoxy) is 1. The number of methoxy groups -OCH3 is 1. The van der Waals surface area contributed by atoms with Crippen molar-refractivity contribution < 1.29 is 14.1 Å². The first kappa shape index (κ1) is 17.4. The lowest BCUT2D eigenvalue weighted by Gasteiger charge is -2.27. The standard InChI is InChI=1S/C17H28N4O3/c1-13-9-16(19-24-13)18-17(22)5-8-21-12-15(23-2)10-14(21)11-20-6-3-4-7-20/h9,14-15H,3-8,10-12H2,1-2H3,(H,18,19,22)/t14-,15-/m0/s1. The third-order valence-corrected chi connectivity index (χ3v) is 5.01. The molecule has 0 aromatic carbocycles. The summed E-state index contributed by atoms with van der Waals surface area (Å²) < 4.78 is 10.5. The Hall–Kier alpha value is -1.44. The molecule has 0 aliphatic carbocycles. The number of amides is 1. The predicted octanol–water partition coefficient (Wildman–Crippen LogP) is 1.50. The van der Waals surface area contributed by atoms with Gasteiger partial charge in [0.1, 0.15) is 5.76 Å². The zero-order chi connectivity index (χ0) is 16.9. The van der Waals surface area contributed by atoms with E-state index >= 15 is 0 Å². The monoisotopic (exact) mass is 336 g/mol. The van der Waals surface area contributed by atoms with Crippen LogP contribution in [0, 0.1) is 6.92 Å². The minimum absolute atomic E-state index is 0.0240. The summed E-state index contributed by atoms with van der Waals surface area (Å²) >= 11 is 0. The van der Waals surface area contributed by atoms with Crippen molar-refractivity contribution in [2.75, 3.05) is 45.2 Å². The molecule has 0 bridgehead atoms. The van der Waals surface area contributed by atoms with Gasteiger partial charge in [0, 0.05) is 45.3 Å². The van der Waals surface area contributed by atoms with Gasteiger partial charge in [0.2, 0.25) is 5.91 Å². The molecule has 7 nitrogen and oxygen atoms in total. The number of carbonyl (C=O) groups is 1. The third-order valence-electron chi connectivity index (χ3n) is 5.01. The van der Waals surface area contributed by atoms with Crippen molar-refractivity contribution >= 4 is 11.7 Å². The summed E-state index contributed by atoms with van der Waals surface area (Å²) in [6, 6.07) is 2.21. The summed E-state index contributed by atoms with van der Waals surface area (Å²) in [4.78, 5) is 17.1. The van der Waals surface area contributed by atoms with E-state index in [0.29, 0.717) is 24.0 Å². The van der Waals surface area contributed by atoms with E-state index in [1.807, 2.05) is 0 Å². The maximum absolute atomic E-state index is 12.1. The van der Waals surface area contributed by atoms with Crippen molar-refractivity contribution in [3.63, 3.8) is 0 Å². The van der Waals surface area contributed by atoms with E-state index in [1.165, 1.54) is 25.9 Å². The van der Waals surface area contributed by atoms with Gasteiger partial charge >= 0.3 is 0 Å². The van der Waals surface area contributed by atoms with Gasteiger partial charge in [0.05, 0.1) is 6.10 Å². The minimum Gasteiger partial charge on any atom is -0.380 e. The molecule has 2 aliphatic rings. The lowest BCUT2D eigenvalue weighted by molar-refractivity contribution is -0.116. The highest BCUT2D eigenvalue weighted by molar-refractivity contribution is 5.89. The molecule has 3 heterocycles. The zero-order valence-electron chi connectivity index (χ0n) is 14.7. The van der Waals surface area contributed by atoms with E-state index in [9.17, 15) is 4.79 Å². The summed E-state index contributed by atoms with van der Waals surface area (Å²) in [5.74, 6) is 1.16. The van der Waals surface area contributed by atoms with Gasteiger partial charge in [-0.15, -0.1) is 0 Å². The second-order valence-corrected chi connectivity index (χ2v) is 6.87. The first-order chi connectivity index (χ1) is 11.6. The molecule has 0 spiro atoms. The highest BCUT2D eigenvalue weighted by Gasteiger charge is 2.33. The Labute approximate surface area is 143 Å². The molecule has 3 rings (SSSR count). The van der Waals surface area contributed by atoms with Gasteiger partial charge in [0.25, 0.3) is 0 Å². The van der Waals surface area contributed by atoms with Gasteiger partial charge in [-0.25, -0.2) is 0 Å². The Kier molecular flexibility index (Phi) is 5.86. The summed E-state index contributed by atoms with van der Waals surface area (Å²) in [7, 11) is 1.78. The molecule has 0 unspecified atom stereocenters. The van der Waals surface area contributed by atoms with Crippen molar-refractivity contribution in [2.24, 2.45) is 0 Å². The van der Waals surface area contributed by atoms with E-state index in [1.54, 1.807) is 20.1 Å². The molecule has 2 fully saturated rings. The van der Waals surface area contributed by atoms with Gasteiger partial charge in [0.15, 0.2) is 5.82 Å². The van der Waals surface area contributed by atoms with Crippen molar-refractivity contribution in [1.29, 1.82) is 0 Å². The molecule has 0 radical (unpaired) electrons. The Morgan fingerprint density at radius 1 is 1.46 bits per heavy atom. The van der Waals surface area contributed by atoms with Crippen molar-refractivity contribution in [2.45, 2.75) is 44.8 Å². The normalized spacial score (nSPS) is 25.4. The van der Waals surface area contributed by atoms with Crippen LogP contribution in [0.3, 0.4) is 0 Å². The van der Waals surface area contributed by atoms with Crippen LogP contribution in [0.25, 0.3) is 0 Å². The summed E-state index contributed by atoms with van der Waals surface area (Å²) in [6.45, 7) is 6.96. The fourth-order valence-corrected chi connectivity index (χ4v) is 3.71. The van der Waals surface area contributed by atoms with Crippen LogP contribution >= 0.6 is 0 Å². The number of nitrogens with one attached hydrogen (secondary N) is 1. The van der Waals surface area contributed by atoms with E-state index in [2.05, 4.69) is 20.3 Å². The van der Waals surface area contributed by atoms with Crippen LogP contribution in [0.1, 0.15) is 31.4 Å². The fourth-order valence-electron chi connectivity index (χ4n) is 3.71. The van der Waals surface area contributed by atoms with Crippen LogP contribution in [0.5, 0.6) is 0 Å². The number of nitrogens with zero attached hydrogens (tertiary/aromatic N) is 3. The van der Waals surface area contributed by atoms with Crippen LogP contribution in [-0.2, 0) is 9.53 Å². The second kappa shape index (κ2) is 8.09. The number of aromatic nitrogens is 1. The lowest BCUT2D eigenvalue weighted by Crippen LogP contribution is -2.40. The van der Waals surface area contributed by atoms with Gasteiger partial charge in [-0.2, -0.15) is 0 Å². The largest absolute Gasteiger partial charge is 0.380 e. The quantitative estimate of drug-likeness (QED) is 0.814. The first-order valence-corrected chi connectivity index (χ1v) is 8.86. The lowest BCUT2D eigenvalue weighted by atomic mass is 10.2. The van der Waals surface area contributed by atoms with Crippen molar-refractivity contribution in [3.8, 4) is 0 Å². The third kappa shape index (κ3) is 4.55. The Morgan fingerprint density at radius 3 is 2.92 bits per heavy atom. The maximum atomic E-state index is 12.1. The molecular formula is C17H28N4O3. The summed E-state index contributed by atoms with van der Waals surface area (Å²) in [6.07, 6.45) is 4.40. The average molecular weight is 336 g/mol. The first-order valence-electron chi connectivity index (χ1n) is 8.86. The van der Waals surface area contributed by atoms with E-state index in [4.69, 9.17) is 9.26 Å². The fraction of sp³-hybridized carbons (Fsp3) is 0.765. The molecule has 24 heavy (non-hydrogen) atoms. The van der Waals surface area contributed by atoms with Gasteiger partial charge in [-0.1, -0.05) is 5.16 Å². The number of anilines is 1. The molecule has 1 N–H and O–H groups in total. The Bertz CT molecular complexity index is 542. The Morgan fingerprint density at radius 2 is 2.25 bits per heavy atom. The van der Waals surface area contributed by atoms with Crippen LogP contribution in [0.15, 0.2) is 10.6 Å². The molecule has 2 aliphatic heterocycles. The van der Waals surface area contributed by atoms with Crippen LogP contribution in [-0.4, -0.2) is 72.8 Å². The van der Waals surface area contributed by atoms with E-state index < -0.39 is 0 Å². The number of carbonyl (C=O) groups excluding carboxylic acids is 1. The number of hydrogen-bond acceptors (Lipinski definition) is 6. The highest BCUT2D eigenvalue weighted by atomic mass is 16.5. The maximum Gasteiger partial charge on any atom is 0.226 e. The minimum atomic E-state index is -0.0240. The highest BCUT2D eigenvalue weighted by Crippen LogP contribution is 2.22. The molecule has 1 aromatic rings. The van der Waals surface area contributed by atoms with E-state index in [-0.39, 0.29) is 12.0 Å². The van der Waals surface area contributed by atoms with Gasteiger partial charge < -0.3 is 19.5 Å². The summed E-state index contributed by atoms with van der Waals surface area (Å²) in [5.41, 5.74) is 0. The average Bonchev–Trinajstić information content (AvgIpc) is 3.28. The van der Waals surface area contributed by atoms with E-state index in [0.717, 1.165) is 26.1 Å². The number of hydrogen-bond donors (Lipinski definition) is 1. The molecule has 7 heteroatoms. The predicted molar refractivity (Wildman–Crippen MR) is 90.9 cm³/mol. The Balaban J connectivity index is 1.48. The smallest absolute Gasteiger partial charge is 0.226 e. The number of likely N-dealkylation sites (tertiary alicyclic amines) is 2. The molecule has 0 saturated carbocycles. The van der Waals surface area contributed by atoms with Crippen LogP contribution in [0.4, 0.5) is 5.82 Å². The van der Waals surface area contributed by atoms with Crippen LogP contribution in [0.2, 0.25) is 0 Å². The molecule has 134 valence electrons. The van der Waals surface area contributed by atoms with Crippen molar-refractivity contribution in [1.82, 2.24) is 15.0 Å². The number of rotatable bonds is 7. The number of aryl methyl sites for hydroxylation is 1. The zero-order valence-corrected chi connectivity index (χ0v) is 14.7. The molecular weight excluding hydrogens is 308 g/mol. The van der Waals surface area contributed by atoms with Crippen LogP contribution < -0.4 is 5.32 Å².